The molecule has 3 aromatic carbocycles. The van der Waals surface area contributed by atoms with Gasteiger partial charge in [-0.15, -0.1) is 0 Å². The lowest BCUT2D eigenvalue weighted by atomic mass is 10.1. The molecule has 0 spiro atoms. The third-order valence-electron chi connectivity index (χ3n) is 5.46. The van der Waals surface area contributed by atoms with Gasteiger partial charge in [-0.05, 0) is 72.7 Å². The number of halogens is 1. The van der Waals surface area contributed by atoms with Gasteiger partial charge in [-0.3, -0.25) is 10.1 Å². The minimum atomic E-state index is -0.432. The van der Waals surface area contributed by atoms with Crippen LogP contribution in [0, 0.1) is 6.92 Å². The maximum Gasteiger partial charge on any atom is 0.293 e. The van der Waals surface area contributed by atoms with Gasteiger partial charge in [0.1, 0.15) is 11.3 Å². The highest BCUT2D eigenvalue weighted by molar-refractivity contribution is 7.80. The van der Waals surface area contributed by atoms with E-state index >= 15 is 0 Å². The van der Waals surface area contributed by atoms with Crippen LogP contribution in [-0.2, 0) is 6.54 Å². The molecule has 174 valence electrons. The van der Waals surface area contributed by atoms with Gasteiger partial charge in [0.25, 0.3) is 5.91 Å². The molecule has 0 aliphatic carbocycles. The van der Waals surface area contributed by atoms with Crippen molar-refractivity contribution in [3.8, 4) is 22.8 Å². The highest BCUT2D eigenvalue weighted by Gasteiger charge is 2.14. The number of thiocarbonyl (C=S) groups is 1. The molecule has 6 nitrogen and oxygen atoms in total. The molecule has 35 heavy (non-hydrogen) atoms. The summed E-state index contributed by atoms with van der Waals surface area (Å²) in [5, 5.41) is 6.51. The van der Waals surface area contributed by atoms with E-state index in [0.29, 0.717) is 23.2 Å². The fourth-order valence-corrected chi connectivity index (χ4v) is 3.86. The number of nitrogens with zero attached hydrogens (tertiary/aromatic N) is 1. The second kappa shape index (κ2) is 9.74. The summed E-state index contributed by atoms with van der Waals surface area (Å²) in [4.78, 5) is 17.0. The van der Waals surface area contributed by atoms with Gasteiger partial charge >= 0.3 is 0 Å². The summed E-state index contributed by atoms with van der Waals surface area (Å²) < 4.78 is 11.5. The van der Waals surface area contributed by atoms with Crippen LogP contribution < -0.4 is 10.6 Å². The molecule has 2 N–H and O–H groups in total. The molecule has 5 aromatic rings. The standard InChI is InChI=1S/C27H20ClN3O3S/c1-16-6-9-19(14-20(16)28)22-12-13-24(33-22)25(32)31-27(35)29-15-17-7-10-18(11-8-17)26-30-21-4-2-3-5-23(21)34-26/h2-14H,15H2,1H3,(H2,29,31,32,35). The van der Waals surface area contributed by atoms with Gasteiger partial charge in [0.2, 0.25) is 5.89 Å². The first-order chi connectivity index (χ1) is 17.0. The van der Waals surface area contributed by atoms with E-state index in [9.17, 15) is 4.79 Å². The summed E-state index contributed by atoms with van der Waals surface area (Å²) >= 11 is 11.5. The summed E-state index contributed by atoms with van der Waals surface area (Å²) in [5.74, 6) is 0.844. The highest BCUT2D eigenvalue weighted by Crippen LogP contribution is 2.27. The van der Waals surface area contributed by atoms with Gasteiger partial charge in [-0.25, -0.2) is 4.98 Å². The van der Waals surface area contributed by atoms with Crippen molar-refractivity contribution in [3.63, 3.8) is 0 Å². The van der Waals surface area contributed by atoms with Gasteiger partial charge in [-0.1, -0.05) is 48.0 Å². The number of carbonyl (C=O) groups is 1. The monoisotopic (exact) mass is 501 g/mol. The molecule has 1 amide bonds. The number of rotatable bonds is 5. The van der Waals surface area contributed by atoms with Gasteiger partial charge in [0.15, 0.2) is 16.5 Å². The molecule has 0 saturated heterocycles. The van der Waals surface area contributed by atoms with Crippen LogP contribution in [0.1, 0.15) is 21.7 Å². The Morgan fingerprint density at radius 1 is 0.971 bits per heavy atom. The first-order valence-corrected chi connectivity index (χ1v) is 11.7. The summed E-state index contributed by atoms with van der Waals surface area (Å²) in [6.45, 7) is 2.37. The number of amides is 1. The predicted octanol–water partition coefficient (Wildman–Crippen LogP) is 6.52. The maximum atomic E-state index is 12.5. The molecular weight excluding hydrogens is 482 g/mol. The van der Waals surface area contributed by atoms with Crippen molar-refractivity contribution in [1.29, 1.82) is 0 Å². The molecule has 0 aliphatic heterocycles. The van der Waals surface area contributed by atoms with E-state index in [0.717, 1.165) is 33.4 Å². The summed E-state index contributed by atoms with van der Waals surface area (Å²) in [6, 6.07) is 24.3. The Hall–Kier alpha value is -3.94. The Morgan fingerprint density at radius 3 is 2.51 bits per heavy atom. The van der Waals surface area contributed by atoms with Crippen LogP contribution in [0.2, 0.25) is 5.02 Å². The number of benzene rings is 3. The summed E-state index contributed by atoms with van der Waals surface area (Å²) in [6.07, 6.45) is 0. The molecule has 8 heteroatoms. The van der Waals surface area contributed by atoms with E-state index in [1.807, 2.05) is 67.6 Å². The van der Waals surface area contributed by atoms with Crippen molar-refractivity contribution in [2.24, 2.45) is 0 Å². The molecule has 2 aromatic heterocycles. The third-order valence-corrected chi connectivity index (χ3v) is 6.11. The van der Waals surface area contributed by atoms with Crippen LogP contribution in [-0.4, -0.2) is 16.0 Å². The quantitative estimate of drug-likeness (QED) is 0.267. The van der Waals surface area contributed by atoms with Gasteiger partial charge in [0.05, 0.1) is 0 Å². The Labute approximate surface area is 211 Å². The average molecular weight is 502 g/mol. The van der Waals surface area contributed by atoms with E-state index in [1.54, 1.807) is 18.2 Å². The maximum absolute atomic E-state index is 12.5. The number of hydrogen-bond donors (Lipinski definition) is 2. The Morgan fingerprint density at radius 2 is 1.74 bits per heavy atom. The molecule has 0 bridgehead atoms. The smallest absolute Gasteiger partial charge is 0.293 e. The predicted molar refractivity (Wildman–Crippen MR) is 140 cm³/mol. The van der Waals surface area contributed by atoms with Crippen molar-refractivity contribution in [3.05, 3.63) is 101 Å². The number of furan rings is 1. The van der Waals surface area contributed by atoms with Gasteiger partial charge < -0.3 is 14.2 Å². The number of carbonyl (C=O) groups excluding carboxylic acids is 1. The Bertz CT molecular complexity index is 1510. The number of hydrogen-bond acceptors (Lipinski definition) is 5. The lowest BCUT2D eigenvalue weighted by Gasteiger charge is -2.09. The Kier molecular flexibility index (Phi) is 6.35. The lowest BCUT2D eigenvalue weighted by Crippen LogP contribution is -2.38. The molecule has 0 radical (unpaired) electrons. The molecule has 0 saturated carbocycles. The second-order valence-electron chi connectivity index (χ2n) is 7.95. The highest BCUT2D eigenvalue weighted by atomic mass is 35.5. The number of aromatic nitrogens is 1. The molecule has 2 heterocycles. The van der Waals surface area contributed by atoms with Crippen LogP contribution in [0.4, 0.5) is 0 Å². The van der Waals surface area contributed by atoms with Crippen LogP contribution in [0.25, 0.3) is 33.9 Å². The normalized spacial score (nSPS) is 10.9. The first kappa shape index (κ1) is 22.8. The second-order valence-corrected chi connectivity index (χ2v) is 8.76. The minimum absolute atomic E-state index is 0.156. The average Bonchev–Trinajstić information content (AvgIpc) is 3.53. The fourth-order valence-electron chi connectivity index (χ4n) is 3.51. The van der Waals surface area contributed by atoms with Crippen molar-refractivity contribution < 1.29 is 13.6 Å². The molecule has 5 rings (SSSR count). The number of oxazole rings is 1. The number of para-hydroxylation sites is 2. The van der Waals surface area contributed by atoms with Crippen LogP contribution >= 0.6 is 23.8 Å². The SMILES string of the molecule is Cc1ccc(-c2ccc(C(=O)NC(=S)NCc3ccc(-c4nc5ccccc5o4)cc3)o2)cc1Cl. The minimum Gasteiger partial charge on any atom is -0.451 e. The molecule has 0 atom stereocenters. The number of aryl methyl sites for hydroxylation is 1. The van der Waals surface area contributed by atoms with Crippen molar-refractivity contribution in [2.75, 3.05) is 0 Å². The largest absolute Gasteiger partial charge is 0.451 e. The first-order valence-electron chi connectivity index (χ1n) is 10.9. The fraction of sp³-hybridized carbons (Fsp3) is 0.0741. The van der Waals surface area contributed by atoms with Gasteiger partial charge in [0, 0.05) is 22.7 Å². The third kappa shape index (κ3) is 5.11. The summed E-state index contributed by atoms with van der Waals surface area (Å²) in [7, 11) is 0. The van der Waals surface area contributed by atoms with E-state index < -0.39 is 5.91 Å². The number of nitrogens with one attached hydrogen (secondary N) is 2. The van der Waals surface area contributed by atoms with Crippen LogP contribution in [0.15, 0.2) is 87.7 Å². The zero-order valence-electron chi connectivity index (χ0n) is 18.7. The molecule has 0 aliphatic rings. The van der Waals surface area contributed by atoms with E-state index in [4.69, 9.17) is 32.7 Å². The summed E-state index contributed by atoms with van der Waals surface area (Å²) in [5.41, 5.74) is 5.20. The molecule has 0 unspecified atom stereocenters. The molecule has 0 fully saturated rings. The molecular formula is C27H20ClN3O3S. The van der Waals surface area contributed by atoms with E-state index in [2.05, 4.69) is 15.6 Å². The number of fused-ring (bicyclic) bond motifs is 1. The van der Waals surface area contributed by atoms with Crippen molar-refractivity contribution in [2.45, 2.75) is 13.5 Å². The van der Waals surface area contributed by atoms with Crippen LogP contribution in [0.3, 0.4) is 0 Å². The van der Waals surface area contributed by atoms with Crippen molar-refractivity contribution in [1.82, 2.24) is 15.6 Å². The van der Waals surface area contributed by atoms with Crippen LogP contribution in [0.5, 0.6) is 0 Å². The van der Waals surface area contributed by atoms with E-state index in [-0.39, 0.29) is 10.9 Å². The Balaban J connectivity index is 1.17. The topological polar surface area (TPSA) is 80.3 Å². The lowest BCUT2D eigenvalue weighted by molar-refractivity contribution is 0.0950. The zero-order valence-corrected chi connectivity index (χ0v) is 20.2. The van der Waals surface area contributed by atoms with E-state index in [1.165, 1.54) is 0 Å². The zero-order chi connectivity index (χ0) is 24.4. The van der Waals surface area contributed by atoms with Gasteiger partial charge in [-0.2, -0.15) is 0 Å². The van der Waals surface area contributed by atoms with Crippen molar-refractivity contribution >= 4 is 45.9 Å².